The third-order valence-electron chi connectivity index (χ3n) is 5.62. The van der Waals surface area contributed by atoms with Crippen LogP contribution in [0.2, 0.25) is 0 Å². The molecule has 0 bridgehead atoms. The molecule has 1 aliphatic rings. The first-order valence-electron chi connectivity index (χ1n) is 11.3. The molecule has 9 nitrogen and oxygen atoms in total. The van der Waals surface area contributed by atoms with Gasteiger partial charge in [-0.15, -0.1) is 0 Å². The van der Waals surface area contributed by atoms with E-state index in [9.17, 15) is 13.2 Å². The number of methoxy groups -OCH3 is 2. The summed E-state index contributed by atoms with van der Waals surface area (Å²) in [5.74, 6) is 0.340. The van der Waals surface area contributed by atoms with Gasteiger partial charge in [-0.25, -0.2) is 8.42 Å². The van der Waals surface area contributed by atoms with Crippen LogP contribution in [0.25, 0.3) is 0 Å². The molecule has 0 spiro atoms. The van der Waals surface area contributed by atoms with Crippen molar-refractivity contribution in [3.05, 3.63) is 54.1 Å². The summed E-state index contributed by atoms with van der Waals surface area (Å²) >= 11 is 0. The summed E-state index contributed by atoms with van der Waals surface area (Å²) in [4.78, 5) is 15.3. The number of nitrogens with zero attached hydrogens (tertiary/aromatic N) is 1. The Morgan fingerprint density at radius 1 is 1.06 bits per heavy atom. The van der Waals surface area contributed by atoms with E-state index in [1.165, 1.54) is 32.4 Å². The molecule has 2 aromatic rings. The molecular formula is C24H33N3O6S. The third kappa shape index (κ3) is 7.42. The molecule has 0 aromatic heterocycles. The van der Waals surface area contributed by atoms with Crippen LogP contribution in [0.3, 0.4) is 0 Å². The van der Waals surface area contributed by atoms with Crippen molar-refractivity contribution >= 4 is 15.9 Å². The van der Waals surface area contributed by atoms with Crippen LogP contribution in [0.15, 0.2) is 53.4 Å². The van der Waals surface area contributed by atoms with Crippen LogP contribution in [0, 0.1) is 0 Å². The highest BCUT2D eigenvalue weighted by Crippen LogP contribution is 2.29. The summed E-state index contributed by atoms with van der Waals surface area (Å²) in [6.45, 7) is 4.53. The summed E-state index contributed by atoms with van der Waals surface area (Å²) < 4.78 is 44.6. The minimum Gasteiger partial charge on any atom is -0.493 e. The van der Waals surface area contributed by atoms with Gasteiger partial charge in [-0.2, -0.15) is 4.72 Å². The normalized spacial score (nSPS) is 15.5. The molecule has 1 aliphatic heterocycles. The Labute approximate surface area is 201 Å². The second-order valence-electron chi connectivity index (χ2n) is 7.98. The Morgan fingerprint density at radius 3 is 2.44 bits per heavy atom. The molecule has 1 fully saturated rings. The van der Waals surface area contributed by atoms with Gasteiger partial charge in [0.2, 0.25) is 15.9 Å². The molecular weight excluding hydrogens is 458 g/mol. The smallest absolute Gasteiger partial charge is 0.241 e. The number of ether oxygens (including phenoxy) is 3. The first-order valence-corrected chi connectivity index (χ1v) is 12.8. The van der Waals surface area contributed by atoms with Gasteiger partial charge in [0.1, 0.15) is 6.04 Å². The molecule has 0 saturated carbocycles. The maximum atomic E-state index is 13.1. The van der Waals surface area contributed by atoms with E-state index in [2.05, 4.69) is 14.9 Å². The van der Waals surface area contributed by atoms with Crippen molar-refractivity contribution in [2.45, 2.75) is 23.8 Å². The minimum atomic E-state index is -4.00. The van der Waals surface area contributed by atoms with Crippen molar-refractivity contribution in [1.82, 2.24) is 14.9 Å². The Morgan fingerprint density at radius 2 is 1.76 bits per heavy atom. The number of benzene rings is 2. The van der Waals surface area contributed by atoms with E-state index in [1.54, 1.807) is 0 Å². The van der Waals surface area contributed by atoms with Crippen LogP contribution in [0.1, 0.15) is 12.0 Å². The van der Waals surface area contributed by atoms with Crippen LogP contribution in [-0.4, -0.2) is 78.9 Å². The number of amides is 1. The molecule has 3 rings (SSSR count). The molecule has 2 aromatic carbocycles. The third-order valence-corrected chi connectivity index (χ3v) is 7.09. The molecule has 0 radical (unpaired) electrons. The minimum absolute atomic E-state index is 0.0108. The average Bonchev–Trinajstić information content (AvgIpc) is 2.86. The molecule has 186 valence electrons. The SMILES string of the molecule is COc1ccc(S(=O)(=O)NC(Cc2ccccc2)C(=O)NCCCN2CCOCC2)cc1OC. The number of morpholine rings is 1. The summed E-state index contributed by atoms with van der Waals surface area (Å²) in [5, 5.41) is 2.89. The van der Waals surface area contributed by atoms with Crippen LogP contribution in [0.5, 0.6) is 11.5 Å². The quantitative estimate of drug-likeness (QED) is 0.433. The van der Waals surface area contributed by atoms with E-state index in [1.807, 2.05) is 30.3 Å². The number of hydrogen-bond donors (Lipinski definition) is 2. The summed E-state index contributed by atoms with van der Waals surface area (Å²) in [5.41, 5.74) is 0.853. The molecule has 1 atom stereocenters. The lowest BCUT2D eigenvalue weighted by molar-refractivity contribution is -0.122. The highest BCUT2D eigenvalue weighted by atomic mass is 32.2. The van der Waals surface area contributed by atoms with Gasteiger partial charge >= 0.3 is 0 Å². The van der Waals surface area contributed by atoms with Gasteiger partial charge in [0.25, 0.3) is 0 Å². The Balaban J connectivity index is 1.68. The monoisotopic (exact) mass is 491 g/mol. The first-order chi connectivity index (χ1) is 16.4. The van der Waals surface area contributed by atoms with E-state index in [0.29, 0.717) is 12.3 Å². The van der Waals surface area contributed by atoms with Gasteiger partial charge in [-0.3, -0.25) is 9.69 Å². The number of rotatable bonds is 12. The lowest BCUT2D eigenvalue weighted by Gasteiger charge is -2.26. The number of carbonyl (C=O) groups is 1. The van der Waals surface area contributed by atoms with E-state index in [4.69, 9.17) is 14.2 Å². The van der Waals surface area contributed by atoms with Crippen molar-refractivity contribution < 1.29 is 27.4 Å². The second kappa shape index (κ2) is 12.7. The fourth-order valence-corrected chi connectivity index (χ4v) is 4.95. The summed E-state index contributed by atoms with van der Waals surface area (Å²) in [6.07, 6.45) is 0.995. The zero-order valence-electron chi connectivity index (χ0n) is 19.7. The molecule has 1 unspecified atom stereocenters. The van der Waals surface area contributed by atoms with Gasteiger partial charge in [0.15, 0.2) is 11.5 Å². The first kappa shape index (κ1) is 26.0. The summed E-state index contributed by atoms with van der Waals surface area (Å²) in [7, 11) is -1.09. The predicted octanol–water partition coefficient (Wildman–Crippen LogP) is 1.43. The Hall–Kier alpha value is -2.66. The second-order valence-corrected chi connectivity index (χ2v) is 9.69. The number of hydrogen-bond acceptors (Lipinski definition) is 7. The lowest BCUT2D eigenvalue weighted by atomic mass is 10.1. The highest BCUT2D eigenvalue weighted by Gasteiger charge is 2.27. The number of sulfonamides is 1. The van der Waals surface area contributed by atoms with Gasteiger partial charge in [0.05, 0.1) is 32.3 Å². The van der Waals surface area contributed by atoms with Crippen molar-refractivity contribution in [2.75, 3.05) is 53.6 Å². The lowest BCUT2D eigenvalue weighted by Crippen LogP contribution is -2.48. The molecule has 1 saturated heterocycles. The van der Waals surface area contributed by atoms with E-state index >= 15 is 0 Å². The van der Waals surface area contributed by atoms with Gasteiger partial charge in [-0.05, 0) is 37.1 Å². The predicted molar refractivity (Wildman–Crippen MR) is 129 cm³/mol. The van der Waals surface area contributed by atoms with Crippen LogP contribution < -0.4 is 19.5 Å². The molecule has 0 aliphatic carbocycles. The largest absolute Gasteiger partial charge is 0.493 e. The molecule has 34 heavy (non-hydrogen) atoms. The van der Waals surface area contributed by atoms with Crippen LogP contribution in [-0.2, 0) is 26.0 Å². The number of carbonyl (C=O) groups excluding carboxylic acids is 1. The van der Waals surface area contributed by atoms with Gasteiger partial charge in [0, 0.05) is 25.7 Å². The molecule has 1 heterocycles. The standard InChI is InChI=1S/C24H33N3O6S/c1-31-22-10-9-20(18-23(22)32-2)34(29,30)26-21(17-19-7-4-3-5-8-19)24(28)25-11-6-12-27-13-15-33-16-14-27/h3-5,7-10,18,21,26H,6,11-17H2,1-2H3,(H,25,28). The number of nitrogens with one attached hydrogen (secondary N) is 2. The maximum Gasteiger partial charge on any atom is 0.241 e. The zero-order valence-corrected chi connectivity index (χ0v) is 20.5. The van der Waals surface area contributed by atoms with Crippen molar-refractivity contribution in [3.8, 4) is 11.5 Å². The van der Waals surface area contributed by atoms with Crippen molar-refractivity contribution in [2.24, 2.45) is 0 Å². The van der Waals surface area contributed by atoms with E-state index < -0.39 is 16.1 Å². The average molecular weight is 492 g/mol. The van der Waals surface area contributed by atoms with Crippen LogP contribution >= 0.6 is 0 Å². The van der Waals surface area contributed by atoms with Crippen LogP contribution in [0.4, 0.5) is 0 Å². The fourth-order valence-electron chi connectivity index (χ4n) is 3.74. The Bertz CT molecular complexity index is 1030. The molecule has 10 heteroatoms. The van der Waals surface area contributed by atoms with Gasteiger partial charge < -0.3 is 19.5 Å². The molecule has 2 N–H and O–H groups in total. The van der Waals surface area contributed by atoms with Crippen molar-refractivity contribution in [1.29, 1.82) is 0 Å². The molecule has 1 amide bonds. The van der Waals surface area contributed by atoms with Crippen molar-refractivity contribution in [3.63, 3.8) is 0 Å². The maximum absolute atomic E-state index is 13.1. The van der Waals surface area contributed by atoms with E-state index in [0.717, 1.165) is 44.8 Å². The summed E-state index contributed by atoms with van der Waals surface area (Å²) in [6, 6.07) is 12.7. The zero-order chi connectivity index (χ0) is 24.4. The fraction of sp³-hybridized carbons (Fsp3) is 0.458. The van der Waals surface area contributed by atoms with E-state index in [-0.39, 0.29) is 23.0 Å². The van der Waals surface area contributed by atoms with Gasteiger partial charge in [-0.1, -0.05) is 30.3 Å². The Kier molecular flexibility index (Phi) is 9.70. The highest BCUT2D eigenvalue weighted by molar-refractivity contribution is 7.89. The topological polar surface area (TPSA) is 106 Å².